The highest BCUT2D eigenvalue weighted by Crippen LogP contribution is 2.24. The van der Waals surface area contributed by atoms with Crippen molar-refractivity contribution in [3.05, 3.63) is 59.4 Å². The van der Waals surface area contributed by atoms with Crippen LogP contribution in [0.3, 0.4) is 0 Å². The van der Waals surface area contributed by atoms with Crippen molar-refractivity contribution in [3.8, 4) is 0 Å². The summed E-state index contributed by atoms with van der Waals surface area (Å²) in [7, 11) is 1.61. The van der Waals surface area contributed by atoms with Crippen LogP contribution in [0.2, 0.25) is 0 Å². The number of nitrogens with one attached hydrogen (secondary N) is 1. The molecule has 0 aliphatic rings. The molecule has 0 saturated heterocycles. The van der Waals surface area contributed by atoms with Crippen molar-refractivity contribution >= 4 is 11.5 Å². The Morgan fingerprint density at radius 3 is 2.48 bits per heavy atom. The van der Waals surface area contributed by atoms with Crippen LogP contribution in [0.25, 0.3) is 0 Å². The second-order valence-corrected chi connectivity index (χ2v) is 4.69. The first-order valence-corrected chi connectivity index (χ1v) is 6.43. The van der Waals surface area contributed by atoms with Gasteiger partial charge in [0.15, 0.2) is 0 Å². The normalized spacial score (nSPS) is 10.4. The molecule has 1 aromatic carbocycles. The first-order chi connectivity index (χ1) is 9.99. The van der Waals surface area contributed by atoms with E-state index in [9.17, 15) is 8.78 Å². The fraction of sp³-hybridized carbons (Fsp3) is 0.200. The number of nitrogens with zero attached hydrogens (tertiary/aromatic N) is 2. The average molecular weight is 290 g/mol. The van der Waals surface area contributed by atoms with E-state index in [1.807, 2.05) is 18.2 Å². The van der Waals surface area contributed by atoms with Gasteiger partial charge in [0.1, 0.15) is 23.2 Å². The van der Waals surface area contributed by atoms with Gasteiger partial charge >= 0.3 is 0 Å². The van der Waals surface area contributed by atoms with Crippen LogP contribution in [0, 0.1) is 17.0 Å². The third kappa shape index (κ3) is 3.53. The number of nitrogens with two attached hydrogens (primary N) is 1. The Hall–Kier alpha value is -2.50. The zero-order valence-electron chi connectivity index (χ0n) is 11.6. The molecule has 110 valence electrons. The van der Waals surface area contributed by atoms with Crippen molar-refractivity contribution in [2.75, 3.05) is 18.5 Å². The summed E-state index contributed by atoms with van der Waals surface area (Å²) in [6, 6.07) is 7.67. The van der Waals surface area contributed by atoms with Crippen LogP contribution in [-0.4, -0.2) is 24.4 Å². The molecule has 0 aliphatic heterocycles. The van der Waals surface area contributed by atoms with Crippen LogP contribution < -0.4 is 10.6 Å². The molecule has 0 amide bonds. The van der Waals surface area contributed by atoms with Crippen LogP contribution in [0.1, 0.15) is 11.3 Å². The van der Waals surface area contributed by atoms with Crippen LogP contribution in [0.5, 0.6) is 0 Å². The molecule has 2 aromatic rings. The lowest BCUT2D eigenvalue weighted by molar-refractivity contribution is 0.576. The number of nitrogen functional groups attached to an aromatic ring is 1. The molecule has 0 aliphatic carbocycles. The Bertz CT molecular complexity index is 620. The highest BCUT2D eigenvalue weighted by molar-refractivity contribution is 5.95. The van der Waals surface area contributed by atoms with Gasteiger partial charge in [-0.1, -0.05) is 6.07 Å². The number of benzene rings is 1. The number of halogens is 2. The molecule has 0 radical (unpaired) electrons. The molecule has 0 unspecified atom stereocenters. The third-order valence-electron chi connectivity index (χ3n) is 3.14. The van der Waals surface area contributed by atoms with E-state index in [-0.39, 0.29) is 17.1 Å². The van der Waals surface area contributed by atoms with Gasteiger partial charge in [-0.3, -0.25) is 10.4 Å². The Morgan fingerprint density at radius 2 is 1.95 bits per heavy atom. The standard InChI is InChI=1S/C15H16F2N4/c1-21(7-5-11-4-2-3-6-20-11)14-12(16)8-10(15(18)19)9-13(14)17/h2-4,6,8-9H,5,7H2,1H3,(H3,18,19). The first-order valence-electron chi connectivity index (χ1n) is 6.43. The minimum atomic E-state index is -0.733. The summed E-state index contributed by atoms with van der Waals surface area (Å²) < 4.78 is 28.0. The van der Waals surface area contributed by atoms with Gasteiger partial charge in [0, 0.05) is 37.5 Å². The van der Waals surface area contributed by atoms with Crippen molar-refractivity contribution in [1.82, 2.24) is 4.98 Å². The fourth-order valence-electron chi connectivity index (χ4n) is 2.03. The van der Waals surface area contributed by atoms with Crippen molar-refractivity contribution < 1.29 is 8.78 Å². The molecule has 0 fully saturated rings. The molecular formula is C15H16F2N4. The number of amidine groups is 1. The largest absolute Gasteiger partial charge is 0.384 e. The minimum absolute atomic E-state index is 0.0341. The molecule has 1 heterocycles. The lowest BCUT2D eigenvalue weighted by Gasteiger charge is -2.21. The van der Waals surface area contributed by atoms with E-state index < -0.39 is 11.6 Å². The van der Waals surface area contributed by atoms with E-state index in [0.717, 1.165) is 17.8 Å². The number of aromatic nitrogens is 1. The molecule has 4 nitrogen and oxygen atoms in total. The van der Waals surface area contributed by atoms with Crippen molar-refractivity contribution in [3.63, 3.8) is 0 Å². The van der Waals surface area contributed by atoms with E-state index in [1.54, 1.807) is 13.2 Å². The molecule has 2 rings (SSSR count). The summed E-state index contributed by atoms with van der Waals surface area (Å²) in [6.45, 7) is 0.421. The van der Waals surface area contributed by atoms with Crippen molar-refractivity contribution in [2.24, 2.45) is 5.73 Å². The Labute approximate surface area is 121 Å². The first kappa shape index (κ1) is 14.9. The summed E-state index contributed by atoms with van der Waals surface area (Å²) in [4.78, 5) is 5.66. The van der Waals surface area contributed by atoms with Gasteiger partial charge in [0.25, 0.3) is 0 Å². The monoisotopic (exact) mass is 290 g/mol. The van der Waals surface area contributed by atoms with Gasteiger partial charge in [-0.2, -0.15) is 0 Å². The zero-order valence-corrected chi connectivity index (χ0v) is 11.6. The van der Waals surface area contributed by atoms with Crippen LogP contribution in [0.15, 0.2) is 36.5 Å². The second kappa shape index (κ2) is 6.30. The quantitative estimate of drug-likeness (QED) is 0.656. The molecule has 0 spiro atoms. The van der Waals surface area contributed by atoms with E-state index in [0.29, 0.717) is 13.0 Å². The molecule has 0 bridgehead atoms. The lowest BCUT2D eigenvalue weighted by atomic mass is 10.1. The number of hydrogen-bond donors (Lipinski definition) is 2. The molecule has 6 heteroatoms. The highest BCUT2D eigenvalue weighted by atomic mass is 19.1. The summed E-state index contributed by atoms with van der Waals surface area (Å²) in [5.74, 6) is -1.83. The number of pyridine rings is 1. The average Bonchev–Trinajstić information content (AvgIpc) is 2.45. The maximum Gasteiger partial charge on any atom is 0.150 e. The molecule has 0 atom stereocenters. The molecule has 1 aromatic heterocycles. The van der Waals surface area contributed by atoms with Gasteiger partial charge in [-0.25, -0.2) is 8.78 Å². The van der Waals surface area contributed by atoms with Gasteiger partial charge in [0.2, 0.25) is 0 Å². The lowest BCUT2D eigenvalue weighted by Crippen LogP contribution is -2.23. The second-order valence-electron chi connectivity index (χ2n) is 4.69. The molecule has 0 saturated carbocycles. The predicted molar refractivity (Wildman–Crippen MR) is 78.6 cm³/mol. The van der Waals surface area contributed by atoms with Crippen LogP contribution >= 0.6 is 0 Å². The summed E-state index contributed by atoms with van der Waals surface area (Å²) >= 11 is 0. The number of anilines is 1. The van der Waals surface area contributed by atoms with Gasteiger partial charge in [0.05, 0.1) is 0 Å². The van der Waals surface area contributed by atoms with E-state index >= 15 is 0 Å². The Morgan fingerprint density at radius 1 is 1.29 bits per heavy atom. The fourth-order valence-corrected chi connectivity index (χ4v) is 2.03. The van der Waals surface area contributed by atoms with Crippen molar-refractivity contribution in [1.29, 1.82) is 5.41 Å². The maximum absolute atomic E-state index is 14.0. The van der Waals surface area contributed by atoms with E-state index in [1.165, 1.54) is 4.90 Å². The molecular weight excluding hydrogens is 274 g/mol. The molecule has 21 heavy (non-hydrogen) atoms. The number of hydrogen-bond acceptors (Lipinski definition) is 3. The number of rotatable bonds is 5. The van der Waals surface area contributed by atoms with E-state index in [2.05, 4.69) is 4.98 Å². The van der Waals surface area contributed by atoms with Crippen molar-refractivity contribution in [2.45, 2.75) is 6.42 Å². The topological polar surface area (TPSA) is 66.0 Å². The van der Waals surface area contributed by atoms with Gasteiger partial charge < -0.3 is 10.6 Å². The van der Waals surface area contributed by atoms with Gasteiger partial charge in [-0.05, 0) is 24.3 Å². The smallest absolute Gasteiger partial charge is 0.150 e. The van der Waals surface area contributed by atoms with Crippen LogP contribution in [0.4, 0.5) is 14.5 Å². The summed E-state index contributed by atoms with van der Waals surface area (Å²) in [5.41, 5.74) is 6.00. The predicted octanol–water partition coefficient (Wildman–Crippen LogP) is 2.32. The number of likely N-dealkylation sites (N-methyl/N-ethyl adjacent to an activating group) is 1. The molecule has 3 N–H and O–H groups in total. The SMILES string of the molecule is CN(CCc1ccccn1)c1c(F)cc(C(=N)N)cc1F. The summed E-state index contributed by atoms with van der Waals surface area (Å²) in [5, 5.41) is 7.22. The summed E-state index contributed by atoms with van der Waals surface area (Å²) in [6.07, 6.45) is 2.25. The van der Waals surface area contributed by atoms with Gasteiger partial charge in [-0.15, -0.1) is 0 Å². The highest BCUT2D eigenvalue weighted by Gasteiger charge is 2.16. The Balaban J connectivity index is 2.16. The minimum Gasteiger partial charge on any atom is -0.384 e. The maximum atomic E-state index is 14.0. The third-order valence-corrected chi connectivity index (χ3v) is 3.14. The van der Waals surface area contributed by atoms with Crippen LogP contribution in [-0.2, 0) is 6.42 Å². The zero-order chi connectivity index (χ0) is 15.4. The Kier molecular flexibility index (Phi) is 4.47. The van der Waals surface area contributed by atoms with E-state index in [4.69, 9.17) is 11.1 Å².